The fourth-order valence-electron chi connectivity index (χ4n) is 1.63. The van der Waals surface area contributed by atoms with Gasteiger partial charge < -0.3 is 14.8 Å². The van der Waals surface area contributed by atoms with Crippen molar-refractivity contribution >= 4 is 0 Å². The predicted octanol–water partition coefficient (Wildman–Crippen LogP) is 0.400. The Morgan fingerprint density at radius 1 is 1.50 bits per heavy atom. The molecule has 1 saturated heterocycles. The van der Waals surface area contributed by atoms with Crippen LogP contribution < -0.4 is 5.32 Å². The van der Waals surface area contributed by atoms with Gasteiger partial charge in [0.1, 0.15) is 0 Å². The summed E-state index contributed by atoms with van der Waals surface area (Å²) in [7, 11) is 1.77. The molecule has 2 rings (SSSR count). The molecule has 0 aromatic rings. The monoisotopic (exact) mass is 171 g/mol. The predicted molar refractivity (Wildman–Crippen MR) is 46.1 cm³/mol. The first kappa shape index (κ1) is 8.48. The number of methoxy groups -OCH3 is 1. The van der Waals surface area contributed by atoms with Crippen LogP contribution in [0.5, 0.6) is 0 Å². The van der Waals surface area contributed by atoms with Crippen LogP contribution in [-0.2, 0) is 9.47 Å². The molecule has 1 N–H and O–H groups in total. The Bertz CT molecular complexity index is 143. The fraction of sp³-hybridized carbons (Fsp3) is 1.00. The number of rotatable bonds is 5. The highest BCUT2D eigenvalue weighted by Gasteiger charge is 2.33. The molecule has 2 fully saturated rings. The van der Waals surface area contributed by atoms with Crippen molar-refractivity contribution in [2.45, 2.75) is 24.9 Å². The van der Waals surface area contributed by atoms with Crippen LogP contribution in [0.25, 0.3) is 0 Å². The molecule has 1 aliphatic heterocycles. The minimum absolute atomic E-state index is 0.573. The fourth-order valence-corrected chi connectivity index (χ4v) is 1.63. The van der Waals surface area contributed by atoms with E-state index >= 15 is 0 Å². The van der Waals surface area contributed by atoms with Gasteiger partial charge in [-0.05, 0) is 18.8 Å². The second-order valence-corrected chi connectivity index (χ2v) is 3.80. The number of hydrogen-bond acceptors (Lipinski definition) is 3. The van der Waals surface area contributed by atoms with E-state index in [1.807, 2.05) is 0 Å². The Kier molecular flexibility index (Phi) is 2.63. The van der Waals surface area contributed by atoms with Crippen LogP contribution in [0.1, 0.15) is 12.8 Å². The zero-order chi connectivity index (χ0) is 8.39. The second-order valence-electron chi connectivity index (χ2n) is 3.80. The average Bonchev–Trinajstić information content (AvgIpc) is 2.76. The first-order chi connectivity index (χ1) is 5.90. The normalized spacial score (nSPS) is 26.8. The van der Waals surface area contributed by atoms with E-state index in [4.69, 9.17) is 9.47 Å². The summed E-state index contributed by atoms with van der Waals surface area (Å²) in [5, 5.41) is 3.57. The molecule has 0 bridgehead atoms. The van der Waals surface area contributed by atoms with Crippen molar-refractivity contribution in [3.8, 4) is 0 Å². The van der Waals surface area contributed by atoms with Crippen LogP contribution in [0.3, 0.4) is 0 Å². The third kappa shape index (κ3) is 1.97. The lowest BCUT2D eigenvalue weighted by Crippen LogP contribution is -2.52. The van der Waals surface area contributed by atoms with Crippen LogP contribution >= 0.6 is 0 Å². The Morgan fingerprint density at radius 2 is 2.25 bits per heavy atom. The van der Waals surface area contributed by atoms with Crippen molar-refractivity contribution in [3.63, 3.8) is 0 Å². The lowest BCUT2D eigenvalue weighted by molar-refractivity contribution is -0.0161. The number of ether oxygens (including phenoxy) is 2. The summed E-state index contributed by atoms with van der Waals surface area (Å²) in [4.78, 5) is 0. The van der Waals surface area contributed by atoms with Gasteiger partial charge >= 0.3 is 0 Å². The minimum atomic E-state index is 0.573. The molecule has 0 spiro atoms. The van der Waals surface area contributed by atoms with E-state index in [-0.39, 0.29) is 0 Å². The zero-order valence-electron chi connectivity index (χ0n) is 7.58. The SMILES string of the molecule is COCC(NC1COC1)C1CC1. The summed E-state index contributed by atoms with van der Waals surface area (Å²) in [6, 6.07) is 1.16. The summed E-state index contributed by atoms with van der Waals surface area (Å²) >= 11 is 0. The molecule has 0 aromatic carbocycles. The topological polar surface area (TPSA) is 30.5 Å². The quantitative estimate of drug-likeness (QED) is 0.649. The van der Waals surface area contributed by atoms with Gasteiger partial charge in [0, 0.05) is 13.2 Å². The highest BCUT2D eigenvalue weighted by Crippen LogP contribution is 2.33. The lowest BCUT2D eigenvalue weighted by atomic mass is 10.1. The molecule has 0 amide bonds. The van der Waals surface area contributed by atoms with Gasteiger partial charge in [-0.2, -0.15) is 0 Å². The van der Waals surface area contributed by atoms with E-state index in [2.05, 4.69) is 5.32 Å². The van der Waals surface area contributed by atoms with Gasteiger partial charge in [-0.3, -0.25) is 0 Å². The maximum Gasteiger partial charge on any atom is 0.0643 e. The van der Waals surface area contributed by atoms with Crippen molar-refractivity contribution in [2.75, 3.05) is 26.9 Å². The van der Waals surface area contributed by atoms with Gasteiger partial charge in [0.25, 0.3) is 0 Å². The van der Waals surface area contributed by atoms with E-state index in [1.54, 1.807) is 7.11 Å². The molecule has 3 nitrogen and oxygen atoms in total. The highest BCUT2D eigenvalue weighted by atomic mass is 16.5. The first-order valence-corrected chi connectivity index (χ1v) is 4.73. The molecule has 1 saturated carbocycles. The van der Waals surface area contributed by atoms with Gasteiger partial charge in [-0.1, -0.05) is 0 Å². The summed E-state index contributed by atoms with van der Waals surface area (Å²) in [6.45, 7) is 2.61. The number of nitrogens with one attached hydrogen (secondary N) is 1. The van der Waals surface area contributed by atoms with Crippen LogP contribution in [0.2, 0.25) is 0 Å². The molecule has 1 aliphatic carbocycles. The van der Waals surface area contributed by atoms with Gasteiger partial charge in [-0.25, -0.2) is 0 Å². The molecule has 0 radical (unpaired) electrons. The highest BCUT2D eigenvalue weighted by molar-refractivity contribution is 4.89. The van der Waals surface area contributed by atoms with E-state index in [9.17, 15) is 0 Å². The molecule has 3 heteroatoms. The van der Waals surface area contributed by atoms with Crippen LogP contribution in [0.4, 0.5) is 0 Å². The van der Waals surface area contributed by atoms with Crippen LogP contribution in [0, 0.1) is 5.92 Å². The molecule has 1 heterocycles. The molecule has 0 aromatic heterocycles. The molecule has 12 heavy (non-hydrogen) atoms. The first-order valence-electron chi connectivity index (χ1n) is 4.73. The standard InChI is InChI=1S/C9H17NO2/c1-11-6-9(7-2-3-7)10-8-4-12-5-8/h7-10H,2-6H2,1H3. The Morgan fingerprint density at radius 3 is 2.67 bits per heavy atom. The van der Waals surface area contributed by atoms with Gasteiger partial charge in [0.05, 0.1) is 25.9 Å². The molecule has 70 valence electrons. The van der Waals surface area contributed by atoms with E-state index in [0.717, 1.165) is 25.7 Å². The lowest BCUT2D eigenvalue weighted by Gasteiger charge is -2.31. The average molecular weight is 171 g/mol. The summed E-state index contributed by atoms with van der Waals surface area (Å²) < 4.78 is 10.3. The summed E-state index contributed by atoms with van der Waals surface area (Å²) in [5.74, 6) is 0.866. The van der Waals surface area contributed by atoms with Gasteiger partial charge in [-0.15, -0.1) is 0 Å². The molecular formula is C9H17NO2. The van der Waals surface area contributed by atoms with Crippen molar-refractivity contribution in [3.05, 3.63) is 0 Å². The Labute approximate surface area is 73.4 Å². The molecule has 1 atom stereocenters. The van der Waals surface area contributed by atoms with Crippen LogP contribution in [-0.4, -0.2) is 39.0 Å². The largest absolute Gasteiger partial charge is 0.383 e. The summed E-state index contributed by atoms with van der Waals surface area (Å²) in [6.07, 6.45) is 2.74. The van der Waals surface area contributed by atoms with Crippen molar-refractivity contribution in [1.29, 1.82) is 0 Å². The smallest absolute Gasteiger partial charge is 0.0643 e. The maximum absolute atomic E-state index is 5.17. The molecule has 1 unspecified atom stereocenters. The van der Waals surface area contributed by atoms with Gasteiger partial charge in [0.15, 0.2) is 0 Å². The Hall–Kier alpha value is -0.120. The van der Waals surface area contributed by atoms with E-state index in [0.29, 0.717) is 12.1 Å². The third-order valence-corrected chi connectivity index (χ3v) is 2.63. The number of hydrogen-bond donors (Lipinski definition) is 1. The van der Waals surface area contributed by atoms with Gasteiger partial charge in [0.2, 0.25) is 0 Å². The molecule has 2 aliphatic rings. The zero-order valence-corrected chi connectivity index (χ0v) is 7.58. The summed E-state index contributed by atoms with van der Waals surface area (Å²) in [5.41, 5.74) is 0. The minimum Gasteiger partial charge on any atom is -0.383 e. The van der Waals surface area contributed by atoms with Crippen molar-refractivity contribution < 1.29 is 9.47 Å². The molecular weight excluding hydrogens is 154 g/mol. The van der Waals surface area contributed by atoms with Crippen molar-refractivity contribution in [2.24, 2.45) is 5.92 Å². The second kappa shape index (κ2) is 3.73. The van der Waals surface area contributed by atoms with Crippen molar-refractivity contribution in [1.82, 2.24) is 5.32 Å². The van der Waals surface area contributed by atoms with Crippen LogP contribution in [0.15, 0.2) is 0 Å². The maximum atomic E-state index is 5.17. The third-order valence-electron chi connectivity index (χ3n) is 2.63. The Balaban J connectivity index is 1.71. The van der Waals surface area contributed by atoms with E-state index in [1.165, 1.54) is 12.8 Å². The van der Waals surface area contributed by atoms with E-state index < -0.39 is 0 Å².